The fourth-order valence-electron chi connectivity index (χ4n) is 4.21. The number of fused-ring (bicyclic) bond motifs is 2. The largest absolute Gasteiger partial charge is 0.442 e. The minimum absolute atomic E-state index is 0.215. The molecule has 2 rings (SSSR count). The van der Waals surface area contributed by atoms with Gasteiger partial charge in [-0.25, -0.2) is 14.6 Å². The van der Waals surface area contributed by atoms with Gasteiger partial charge in [-0.15, -0.1) is 0 Å². The molecule has 0 aliphatic heterocycles. The van der Waals surface area contributed by atoms with Gasteiger partial charge in [0.05, 0.1) is 5.60 Å². The molecule has 0 N–H and O–H groups in total. The third-order valence-corrected chi connectivity index (χ3v) is 6.21. The second kappa shape index (κ2) is 6.94. The summed E-state index contributed by atoms with van der Waals surface area (Å²) in [6.45, 7) is 21.8. The lowest BCUT2D eigenvalue weighted by atomic mass is 9.64. The summed E-state index contributed by atoms with van der Waals surface area (Å²) in [7, 11) is 0. The van der Waals surface area contributed by atoms with Crippen molar-refractivity contribution in [1.29, 1.82) is 0 Å². The maximum atomic E-state index is 12.4. The molecule has 0 unspecified atom stereocenters. The summed E-state index contributed by atoms with van der Waals surface area (Å²) in [6.07, 6.45) is 1.79. The first kappa shape index (κ1) is 22.0. The van der Waals surface area contributed by atoms with Gasteiger partial charge in [-0.3, -0.25) is 0 Å². The molecule has 2 saturated carbocycles. The smallest absolute Gasteiger partial charge is 0.334 e. The molecule has 0 spiro atoms. The molecular formula is C23H36O4. The van der Waals surface area contributed by atoms with E-state index in [1.807, 2.05) is 34.6 Å². The van der Waals surface area contributed by atoms with Crippen LogP contribution in [-0.2, 0) is 19.3 Å². The standard InChI is InChI=1S/C23H36O4/c1-15(2)19(24)25-23(12-11-21(7,8)27-26-20(4,5)6)14-17-13-18(23)16(3)22(17,9)10/h16-18H,1,13-14H2,2-10H3/t16-,17-,18+,23-/m1/s1. The van der Waals surface area contributed by atoms with Crippen molar-refractivity contribution >= 4 is 5.97 Å². The van der Waals surface area contributed by atoms with E-state index in [0.717, 1.165) is 12.8 Å². The number of carbonyl (C=O) groups excluding carboxylic acids is 1. The van der Waals surface area contributed by atoms with E-state index in [2.05, 4.69) is 39.2 Å². The Labute approximate surface area is 164 Å². The van der Waals surface area contributed by atoms with Gasteiger partial charge in [0.15, 0.2) is 11.2 Å². The summed E-state index contributed by atoms with van der Waals surface area (Å²) in [5.74, 6) is 7.25. The van der Waals surface area contributed by atoms with Gasteiger partial charge in [0, 0.05) is 17.9 Å². The van der Waals surface area contributed by atoms with Gasteiger partial charge in [-0.1, -0.05) is 39.2 Å². The molecule has 2 aliphatic carbocycles. The second-order valence-corrected chi connectivity index (χ2v) is 10.5. The number of rotatable bonds is 4. The fraction of sp³-hybridized carbons (Fsp3) is 0.783. The Morgan fingerprint density at radius 3 is 2.19 bits per heavy atom. The molecule has 152 valence electrons. The molecule has 4 atom stereocenters. The van der Waals surface area contributed by atoms with Gasteiger partial charge in [-0.2, -0.15) is 0 Å². The first-order valence-electron chi connectivity index (χ1n) is 9.90. The molecule has 0 aromatic carbocycles. The number of carbonyl (C=O) groups is 1. The van der Waals surface area contributed by atoms with E-state index < -0.39 is 16.8 Å². The Balaban J connectivity index is 2.32. The molecule has 4 heteroatoms. The molecule has 0 saturated heterocycles. The summed E-state index contributed by atoms with van der Waals surface area (Å²) < 4.78 is 5.99. The van der Waals surface area contributed by atoms with Crippen LogP contribution >= 0.6 is 0 Å². The van der Waals surface area contributed by atoms with Crippen molar-refractivity contribution in [3.63, 3.8) is 0 Å². The average Bonchev–Trinajstić information content (AvgIpc) is 2.99. The molecule has 27 heavy (non-hydrogen) atoms. The highest BCUT2D eigenvalue weighted by molar-refractivity contribution is 5.87. The number of esters is 1. The van der Waals surface area contributed by atoms with Crippen molar-refractivity contribution in [3.8, 4) is 11.8 Å². The van der Waals surface area contributed by atoms with Crippen LogP contribution in [0.25, 0.3) is 0 Å². The first-order valence-corrected chi connectivity index (χ1v) is 9.90. The van der Waals surface area contributed by atoms with Gasteiger partial charge in [0.25, 0.3) is 0 Å². The van der Waals surface area contributed by atoms with Crippen LogP contribution in [0.4, 0.5) is 0 Å². The molecule has 0 heterocycles. The van der Waals surface area contributed by atoms with Crippen molar-refractivity contribution in [2.45, 2.75) is 92.0 Å². The lowest BCUT2D eigenvalue weighted by Crippen LogP contribution is -2.47. The summed E-state index contributed by atoms with van der Waals surface area (Å²) in [6, 6.07) is 0. The molecule has 0 aromatic rings. The molecule has 0 aromatic heterocycles. The van der Waals surface area contributed by atoms with Crippen LogP contribution in [0.15, 0.2) is 12.2 Å². The van der Waals surface area contributed by atoms with Crippen LogP contribution < -0.4 is 0 Å². The summed E-state index contributed by atoms with van der Waals surface area (Å²) in [5.41, 5.74) is -1.38. The third kappa shape index (κ3) is 4.58. The zero-order valence-corrected chi connectivity index (χ0v) is 18.5. The summed E-state index contributed by atoms with van der Waals surface area (Å²) >= 11 is 0. The molecule has 0 amide bonds. The zero-order chi connectivity index (χ0) is 20.8. The Hall–Kier alpha value is -1.31. The van der Waals surface area contributed by atoms with E-state index in [1.165, 1.54) is 0 Å². The average molecular weight is 377 g/mol. The Morgan fingerprint density at radius 2 is 1.74 bits per heavy atom. The van der Waals surface area contributed by atoms with Gasteiger partial charge in [-0.05, 0) is 65.2 Å². The monoisotopic (exact) mass is 376 g/mol. The van der Waals surface area contributed by atoms with Crippen molar-refractivity contribution in [2.24, 2.45) is 23.2 Å². The van der Waals surface area contributed by atoms with Crippen LogP contribution in [0.3, 0.4) is 0 Å². The predicted octanol–water partition coefficient (Wildman–Crippen LogP) is 5.08. The maximum absolute atomic E-state index is 12.4. The third-order valence-electron chi connectivity index (χ3n) is 6.21. The van der Waals surface area contributed by atoms with E-state index in [0.29, 0.717) is 17.4 Å². The SMILES string of the molecule is C=C(C)C(=O)O[C@]1(C#CC(C)(C)OOC(C)(C)C)C[C@H]2C[C@H]1[C@@H](C)C2(C)C. The van der Waals surface area contributed by atoms with Gasteiger partial charge < -0.3 is 4.74 Å². The number of hydrogen-bond acceptors (Lipinski definition) is 4. The quantitative estimate of drug-likeness (QED) is 0.226. The number of ether oxygens (including phenoxy) is 1. The van der Waals surface area contributed by atoms with Gasteiger partial charge in [0.2, 0.25) is 0 Å². The van der Waals surface area contributed by atoms with E-state index >= 15 is 0 Å². The van der Waals surface area contributed by atoms with Crippen LogP contribution in [0, 0.1) is 35.0 Å². The minimum atomic E-state index is -0.809. The van der Waals surface area contributed by atoms with E-state index in [1.54, 1.807) is 6.92 Å². The molecule has 2 aliphatic rings. The first-order chi connectivity index (χ1) is 12.1. The lowest BCUT2D eigenvalue weighted by Gasteiger charge is -2.44. The lowest BCUT2D eigenvalue weighted by molar-refractivity contribution is -0.384. The predicted molar refractivity (Wildman–Crippen MR) is 107 cm³/mol. The van der Waals surface area contributed by atoms with E-state index in [-0.39, 0.29) is 17.3 Å². The van der Waals surface area contributed by atoms with Gasteiger partial charge in [0.1, 0.15) is 0 Å². The molecule has 2 bridgehead atoms. The maximum Gasteiger partial charge on any atom is 0.334 e. The Bertz CT molecular complexity index is 667. The molecule has 0 radical (unpaired) electrons. The Morgan fingerprint density at radius 1 is 1.15 bits per heavy atom. The minimum Gasteiger partial charge on any atom is -0.442 e. The Kier molecular flexibility index (Phi) is 5.65. The normalized spacial score (nSPS) is 32.0. The van der Waals surface area contributed by atoms with Gasteiger partial charge >= 0.3 is 5.97 Å². The van der Waals surface area contributed by atoms with Crippen molar-refractivity contribution in [1.82, 2.24) is 0 Å². The highest BCUT2D eigenvalue weighted by Crippen LogP contribution is 2.63. The number of hydrogen-bond donors (Lipinski definition) is 0. The highest BCUT2D eigenvalue weighted by atomic mass is 17.2. The summed E-state index contributed by atoms with van der Waals surface area (Å²) in [4.78, 5) is 23.4. The molecule has 2 fully saturated rings. The van der Waals surface area contributed by atoms with Crippen LogP contribution in [0.1, 0.15) is 75.2 Å². The second-order valence-electron chi connectivity index (χ2n) is 10.5. The van der Waals surface area contributed by atoms with Crippen molar-refractivity contribution < 1.29 is 19.3 Å². The molecule has 4 nitrogen and oxygen atoms in total. The fourth-order valence-corrected chi connectivity index (χ4v) is 4.21. The molecular weight excluding hydrogens is 340 g/mol. The van der Waals surface area contributed by atoms with Crippen LogP contribution in [-0.4, -0.2) is 22.8 Å². The summed E-state index contributed by atoms with van der Waals surface area (Å²) in [5, 5.41) is 0. The van der Waals surface area contributed by atoms with Crippen LogP contribution in [0.2, 0.25) is 0 Å². The topological polar surface area (TPSA) is 44.8 Å². The van der Waals surface area contributed by atoms with Crippen LogP contribution in [0.5, 0.6) is 0 Å². The van der Waals surface area contributed by atoms with Crippen molar-refractivity contribution in [2.75, 3.05) is 0 Å². The van der Waals surface area contributed by atoms with E-state index in [9.17, 15) is 4.79 Å². The zero-order valence-electron chi connectivity index (χ0n) is 18.5. The highest BCUT2D eigenvalue weighted by Gasteiger charge is 2.63. The van der Waals surface area contributed by atoms with E-state index in [4.69, 9.17) is 14.5 Å². The van der Waals surface area contributed by atoms with Crippen molar-refractivity contribution in [3.05, 3.63) is 12.2 Å².